The smallest absolute Gasteiger partial charge is 0.124 e. The SMILES string of the molecule is COc1ccc2c(c1)nc(CN(C)C)n2CCN. The standard InChI is InChI=1S/C13H20N4O/c1-16(2)9-13-15-11-8-10(18-3)4-5-12(11)17(13)7-6-14/h4-5,8H,6-7,9,14H2,1-3H3. The number of fused-ring (bicyclic) bond motifs is 1. The van der Waals surface area contributed by atoms with Crippen molar-refractivity contribution in [3.8, 4) is 5.75 Å². The van der Waals surface area contributed by atoms with E-state index >= 15 is 0 Å². The van der Waals surface area contributed by atoms with Crippen LogP contribution in [0.25, 0.3) is 11.0 Å². The lowest BCUT2D eigenvalue weighted by Gasteiger charge is -2.11. The fraction of sp³-hybridized carbons (Fsp3) is 0.462. The summed E-state index contributed by atoms with van der Waals surface area (Å²) in [5.41, 5.74) is 7.75. The molecule has 0 aliphatic rings. The number of benzene rings is 1. The van der Waals surface area contributed by atoms with Gasteiger partial charge >= 0.3 is 0 Å². The first-order valence-electron chi connectivity index (χ1n) is 6.03. The van der Waals surface area contributed by atoms with E-state index in [4.69, 9.17) is 10.5 Å². The quantitative estimate of drug-likeness (QED) is 0.860. The summed E-state index contributed by atoms with van der Waals surface area (Å²) in [7, 11) is 5.73. The van der Waals surface area contributed by atoms with Gasteiger partial charge in [-0.2, -0.15) is 0 Å². The summed E-state index contributed by atoms with van der Waals surface area (Å²) in [6, 6.07) is 5.95. The number of nitrogens with zero attached hydrogens (tertiary/aromatic N) is 3. The van der Waals surface area contributed by atoms with Crippen LogP contribution in [-0.2, 0) is 13.1 Å². The molecule has 0 spiro atoms. The highest BCUT2D eigenvalue weighted by atomic mass is 16.5. The molecule has 98 valence electrons. The number of aromatic nitrogens is 2. The number of hydrogen-bond donors (Lipinski definition) is 1. The molecule has 0 unspecified atom stereocenters. The highest BCUT2D eigenvalue weighted by Crippen LogP contribution is 2.22. The Balaban J connectivity index is 2.51. The Labute approximate surface area is 107 Å². The van der Waals surface area contributed by atoms with Crippen molar-refractivity contribution < 1.29 is 4.74 Å². The fourth-order valence-electron chi connectivity index (χ4n) is 2.07. The van der Waals surface area contributed by atoms with Crippen molar-refractivity contribution in [3.05, 3.63) is 24.0 Å². The Bertz CT molecular complexity index is 533. The van der Waals surface area contributed by atoms with Gasteiger partial charge in [0, 0.05) is 19.2 Å². The van der Waals surface area contributed by atoms with E-state index in [1.807, 2.05) is 32.3 Å². The minimum atomic E-state index is 0.609. The molecule has 0 atom stereocenters. The second-order valence-electron chi connectivity index (χ2n) is 4.56. The van der Waals surface area contributed by atoms with Gasteiger partial charge in [-0.25, -0.2) is 4.98 Å². The summed E-state index contributed by atoms with van der Waals surface area (Å²) in [6.07, 6.45) is 0. The predicted octanol–water partition coefficient (Wildman–Crippen LogP) is 1.07. The van der Waals surface area contributed by atoms with Gasteiger partial charge in [-0.15, -0.1) is 0 Å². The molecule has 2 N–H and O–H groups in total. The molecule has 2 rings (SSSR count). The lowest BCUT2D eigenvalue weighted by Crippen LogP contribution is -2.18. The van der Waals surface area contributed by atoms with Crippen LogP contribution in [0, 0.1) is 0 Å². The van der Waals surface area contributed by atoms with Gasteiger partial charge in [0.15, 0.2) is 0 Å². The van der Waals surface area contributed by atoms with Gasteiger partial charge in [0.2, 0.25) is 0 Å². The number of nitrogens with two attached hydrogens (primary N) is 1. The van der Waals surface area contributed by atoms with E-state index in [9.17, 15) is 0 Å². The summed E-state index contributed by atoms with van der Waals surface area (Å²) >= 11 is 0. The zero-order valence-corrected chi connectivity index (χ0v) is 11.2. The Morgan fingerprint density at radius 2 is 2.17 bits per heavy atom. The fourth-order valence-corrected chi connectivity index (χ4v) is 2.07. The summed E-state index contributed by atoms with van der Waals surface area (Å²) in [5.74, 6) is 1.87. The second kappa shape index (κ2) is 5.37. The molecule has 1 aromatic carbocycles. The molecule has 0 aliphatic heterocycles. The third-order valence-electron chi connectivity index (χ3n) is 2.84. The highest BCUT2D eigenvalue weighted by molar-refractivity contribution is 5.77. The largest absolute Gasteiger partial charge is 0.497 e. The molecular weight excluding hydrogens is 228 g/mol. The molecule has 0 saturated carbocycles. The second-order valence-corrected chi connectivity index (χ2v) is 4.56. The van der Waals surface area contributed by atoms with Crippen LogP contribution in [0.5, 0.6) is 5.75 Å². The van der Waals surface area contributed by atoms with Gasteiger partial charge in [0.25, 0.3) is 0 Å². The molecule has 1 aromatic heterocycles. The zero-order valence-electron chi connectivity index (χ0n) is 11.2. The van der Waals surface area contributed by atoms with Gasteiger partial charge in [-0.05, 0) is 26.2 Å². The summed E-state index contributed by atoms with van der Waals surface area (Å²) in [4.78, 5) is 6.77. The number of imidazole rings is 1. The average molecular weight is 248 g/mol. The number of methoxy groups -OCH3 is 1. The Morgan fingerprint density at radius 3 is 2.78 bits per heavy atom. The lowest BCUT2D eigenvalue weighted by molar-refractivity contribution is 0.382. The first-order chi connectivity index (χ1) is 8.65. The van der Waals surface area contributed by atoms with Crippen molar-refractivity contribution in [2.24, 2.45) is 5.73 Å². The zero-order chi connectivity index (χ0) is 13.1. The summed E-state index contributed by atoms with van der Waals surface area (Å²) < 4.78 is 7.40. The number of ether oxygens (including phenoxy) is 1. The van der Waals surface area contributed by atoms with E-state index < -0.39 is 0 Å². The molecule has 0 fully saturated rings. The van der Waals surface area contributed by atoms with Crippen molar-refractivity contribution in [1.29, 1.82) is 0 Å². The molecule has 5 nitrogen and oxygen atoms in total. The minimum absolute atomic E-state index is 0.609. The Morgan fingerprint density at radius 1 is 1.39 bits per heavy atom. The molecule has 0 bridgehead atoms. The highest BCUT2D eigenvalue weighted by Gasteiger charge is 2.11. The van der Waals surface area contributed by atoms with Crippen LogP contribution in [0.1, 0.15) is 5.82 Å². The normalized spacial score (nSPS) is 11.4. The predicted molar refractivity (Wildman–Crippen MR) is 72.7 cm³/mol. The molecule has 5 heteroatoms. The van der Waals surface area contributed by atoms with Crippen molar-refractivity contribution in [1.82, 2.24) is 14.5 Å². The van der Waals surface area contributed by atoms with Gasteiger partial charge < -0.3 is 19.9 Å². The Hall–Kier alpha value is -1.59. The van der Waals surface area contributed by atoms with E-state index in [1.165, 1.54) is 0 Å². The summed E-state index contributed by atoms with van der Waals surface area (Å²) in [6.45, 7) is 2.20. The van der Waals surface area contributed by atoms with Crippen LogP contribution < -0.4 is 10.5 Å². The van der Waals surface area contributed by atoms with Crippen molar-refractivity contribution in [2.75, 3.05) is 27.7 Å². The summed E-state index contributed by atoms with van der Waals surface area (Å²) in [5, 5.41) is 0. The topological polar surface area (TPSA) is 56.3 Å². The van der Waals surface area contributed by atoms with E-state index in [-0.39, 0.29) is 0 Å². The van der Waals surface area contributed by atoms with E-state index in [0.717, 1.165) is 35.7 Å². The Kier molecular flexibility index (Phi) is 3.84. The molecule has 0 radical (unpaired) electrons. The van der Waals surface area contributed by atoms with Gasteiger partial charge in [-0.3, -0.25) is 0 Å². The minimum Gasteiger partial charge on any atom is -0.497 e. The molecular formula is C13H20N4O. The van der Waals surface area contributed by atoms with Crippen LogP contribution >= 0.6 is 0 Å². The molecule has 1 heterocycles. The van der Waals surface area contributed by atoms with Crippen molar-refractivity contribution in [2.45, 2.75) is 13.1 Å². The third-order valence-corrected chi connectivity index (χ3v) is 2.84. The maximum Gasteiger partial charge on any atom is 0.124 e. The van der Waals surface area contributed by atoms with Crippen LogP contribution in [0.4, 0.5) is 0 Å². The molecule has 0 saturated heterocycles. The lowest BCUT2D eigenvalue weighted by atomic mass is 10.3. The maximum atomic E-state index is 5.68. The van der Waals surface area contributed by atoms with Crippen LogP contribution in [0.15, 0.2) is 18.2 Å². The van der Waals surface area contributed by atoms with Gasteiger partial charge in [0.1, 0.15) is 11.6 Å². The van der Waals surface area contributed by atoms with E-state index in [0.29, 0.717) is 6.54 Å². The van der Waals surface area contributed by atoms with Crippen LogP contribution in [0.3, 0.4) is 0 Å². The number of rotatable bonds is 5. The van der Waals surface area contributed by atoms with E-state index in [2.05, 4.69) is 14.5 Å². The van der Waals surface area contributed by atoms with Crippen LogP contribution in [-0.4, -0.2) is 42.2 Å². The van der Waals surface area contributed by atoms with E-state index in [1.54, 1.807) is 7.11 Å². The van der Waals surface area contributed by atoms with Gasteiger partial charge in [0.05, 0.1) is 24.7 Å². The molecule has 0 amide bonds. The average Bonchev–Trinajstić information content (AvgIpc) is 2.66. The first kappa shape index (κ1) is 12.9. The van der Waals surface area contributed by atoms with Crippen molar-refractivity contribution >= 4 is 11.0 Å². The molecule has 18 heavy (non-hydrogen) atoms. The monoisotopic (exact) mass is 248 g/mol. The first-order valence-corrected chi connectivity index (χ1v) is 6.03. The molecule has 2 aromatic rings. The number of hydrogen-bond acceptors (Lipinski definition) is 4. The maximum absolute atomic E-state index is 5.68. The van der Waals surface area contributed by atoms with Crippen molar-refractivity contribution in [3.63, 3.8) is 0 Å². The molecule has 0 aliphatic carbocycles. The third kappa shape index (κ3) is 2.47. The van der Waals surface area contributed by atoms with Gasteiger partial charge in [-0.1, -0.05) is 0 Å². The van der Waals surface area contributed by atoms with Crippen LogP contribution in [0.2, 0.25) is 0 Å².